The topological polar surface area (TPSA) is 46.2 Å². The molecule has 2 rings (SSSR count). The largest absolute Gasteiger partial charge is 0.352 e. The van der Waals surface area contributed by atoms with Gasteiger partial charge in [-0.2, -0.15) is 0 Å². The van der Waals surface area contributed by atoms with Crippen molar-refractivity contribution in [1.82, 2.24) is 5.32 Å². The molecule has 0 aliphatic rings. The zero-order valence-electron chi connectivity index (χ0n) is 11.3. The number of carbonyl (C=O) groups excluding carboxylic acids is 2. The summed E-state index contributed by atoms with van der Waals surface area (Å²) in [7, 11) is 0. The van der Waals surface area contributed by atoms with Gasteiger partial charge in [-0.15, -0.1) is 11.3 Å². The average Bonchev–Trinajstić information content (AvgIpc) is 2.84. The standard InChI is InChI=1S/C15H13F2NO2S/c1-9(19)14-4-11(8-21-14)5-15(20)18-7-10-2-12(16)6-13(17)3-10/h2-4,6,8H,5,7H2,1H3,(H,18,20). The smallest absolute Gasteiger partial charge is 0.224 e. The molecule has 1 heterocycles. The second-order valence-corrected chi connectivity index (χ2v) is 5.52. The molecule has 0 saturated carbocycles. The summed E-state index contributed by atoms with van der Waals surface area (Å²) < 4.78 is 26.0. The Hall–Kier alpha value is -2.08. The molecule has 110 valence electrons. The number of ketones is 1. The van der Waals surface area contributed by atoms with Crippen LogP contribution in [0.4, 0.5) is 8.78 Å². The van der Waals surface area contributed by atoms with Crippen LogP contribution in [0.5, 0.6) is 0 Å². The number of rotatable bonds is 5. The van der Waals surface area contributed by atoms with Crippen molar-refractivity contribution < 1.29 is 18.4 Å². The van der Waals surface area contributed by atoms with E-state index in [2.05, 4.69) is 5.32 Å². The highest BCUT2D eigenvalue weighted by molar-refractivity contribution is 7.12. The molecular formula is C15H13F2NO2S. The number of hydrogen-bond acceptors (Lipinski definition) is 3. The van der Waals surface area contributed by atoms with Crippen LogP contribution in [0.15, 0.2) is 29.6 Å². The van der Waals surface area contributed by atoms with E-state index in [1.54, 1.807) is 11.4 Å². The van der Waals surface area contributed by atoms with Crippen molar-refractivity contribution in [3.05, 3.63) is 57.3 Å². The minimum absolute atomic E-state index is 0.0399. The number of Topliss-reactive ketones (excluding diaryl/α,β-unsaturated/α-hetero) is 1. The lowest BCUT2D eigenvalue weighted by atomic mass is 10.2. The first-order valence-electron chi connectivity index (χ1n) is 6.24. The van der Waals surface area contributed by atoms with Gasteiger partial charge in [-0.05, 0) is 41.6 Å². The van der Waals surface area contributed by atoms with Gasteiger partial charge in [0.05, 0.1) is 11.3 Å². The molecule has 0 aliphatic heterocycles. The first-order valence-corrected chi connectivity index (χ1v) is 7.12. The fourth-order valence-corrected chi connectivity index (χ4v) is 2.63. The zero-order valence-corrected chi connectivity index (χ0v) is 12.1. The fourth-order valence-electron chi connectivity index (χ4n) is 1.81. The number of halogens is 2. The van der Waals surface area contributed by atoms with Gasteiger partial charge in [0.25, 0.3) is 0 Å². The number of carbonyl (C=O) groups is 2. The van der Waals surface area contributed by atoms with Crippen molar-refractivity contribution >= 4 is 23.0 Å². The fraction of sp³-hybridized carbons (Fsp3) is 0.200. The highest BCUT2D eigenvalue weighted by atomic mass is 32.1. The molecule has 0 aliphatic carbocycles. The van der Waals surface area contributed by atoms with E-state index < -0.39 is 11.6 Å². The van der Waals surface area contributed by atoms with Gasteiger partial charge >= 0.3 is 0 Å². The third-order valence-corrected chi connectivity index (χ3v) is 3.86. The number of nitrogens with one attached hydrogen (secondary N) is 1. The van der Waals surface area contributed by atoms with Gasteiger partial charge in [0.1, 0.15) is 11.6 Å². The van der Waals surface area contributed by atoms with Crippen LogP contribution in [-0.4, -0.2) is 11.7 Å². The molecule has 0 unspecified atom stereocenters. The Balaban J connectivity index is 1.90. The van der Waals surface area contributed by atoms with Crippen molar-refractivity contribution in [2.24, 2.45) is 0 Å². The molecule has 3 nitrogen and oxygen atoms in total. The van der Waals surface area contributed by atoms with Crippen LogP contribution >= 0.6 is 11.3 Å². The average molecular weight is 309 g/mol. The van der Waals surface area contributed by atoms with Crippen LogP contribution in [0, 0.1) is 11.6 Å². The highest BCUT2D eigenvalue weighted by Crippen LogP contribution is 2.15. The van der Waals surface area contributed by atoms with Crippen molar-refractivity contribution in [3.8, 4) is 0 Å². The molecule has 1 aromatic carbocycles. The first-order chi connectivity index (χ1) is 9.94. The molecule has 1 aromatic heterocycles. The minimum atomic E-state index is -0.678. The molecule has 6 heteroatoms. The molecule has 0 fully saturated rings. The van der Waals surface area contributed by atoms with E-state index in [0.29, 0.717) is 10.4 Å². The molecule has 1 N–H and O–H groups in total. The van der Waals surface area contributed by atoms with Gasteiger partial charge in [-0.25, -0.2) is 8.78 Å². The van der Waals surface area contributed by atoms with Crippen LogP contribution in [0.1, 0.15) is 27.7 Å². The van der Waals surface area contributed by atoms with Crippen molar-refractivity contribution in [2.45, 2.75) is 19.9 Å². The van der Waals surface area contributed by atoms with Crippen molar-refractivity contribution in [3.63, 3.8) is 0 Å². The summed E-state index contributed by atoms with van der Waals surface area (Å²) in [5.74, 6) is -1.67. The Bertz CT molecular complexity index is 662. The van der Waals surface area contributed by atoms with Gasteiger partial charge in [0.15, 0.2) is 5.78 Å². The summed E-state index contributed by atoms with van der Waals surface area (Å²) in [4.78, 5) is 23.5. The Kier molecular flexibility index (Phi) is 4.80. The monoisotopic (exact) mass is 309 g/mol. The molecular weight excluding hydrogens is 296 g/mol. The molecule has 0 saturated heterocycles. The number of thiophene rings is 1. The molecule has 0 atom stereocenters. The summed E-state index contributed by atoms with van der Waals surface area (Å²) in [6, 6.07) is 4.79. The maximum Gasteiger partial charge on any atom is 0.224 e. The van der Waals surface area contributed by atoms with E-state index >= 15 is 0 Å². The van der Waals surface area contributed by atoms with E-state index in [-0.39, 0.29) is 24.7 Å². The SMILES string of the molecule is CC(=O)c1cc(CC(=O)NCc2cc(F)cc(F)c2)cs1. The summed E-state index contributed by atoms with van der Waals surface area (Å²) >= 11 is 1.29. The molecule has 0 radical (unpaired) electrons. The molecule has 2 aromatic rings. The van der Waals surface area contributed by atoms with Gasteiger partial charge in [-0.1, -0.05) is 0 Å². The van der Waals surface area contributed by atoms with Gasteiger partial charge < -0.3 is 5.32 Å². The van der Waals surface area contributed by atoms with Crippen molar-refractivity contribution in [1.29, 1.82) is 0 Å². The summed E-state index contributed by atoms with van der Waals surface area (Å²) in [5.41, 5.74) is 1.10. The Morgan fingerprint density at radius 2 is 1.76 bits per heavy atom. The second-order valence-electron chi connectivity index (χ2n) is 4.61. The normalized spacial score (nSPS) is 10.4. The Labute approximate surface area is 124 Å². The van der Waals surface area contributed by atoms with E-state index in [0.717, 1.165) is 11.6 Å². The lowest BCUT2D eigenvalue weighted by Crippen LogP contribution is -2.24. The van der Waals surface area contributed by atoms with Gasteiger partial charge in [-0.3, -0.25) is 9.59 Å². The summed E-state index contributed by atoms with van der Waals surface area (Å²) in [6.07, 6.45) is 0.127. The van der Waals surface area contributed by atoms with Crippen LogP contribution in [0.2, 0.25) is 0 Å². The molecule has 0 bridgehead atoms. The van der Waals surface area contributed by atoms with Crippen LogP contribution in [-0.2, 0) is 17.8 Å². The Morgan fingerprint density at radius 3 is 2.33 bits per heavy atom. The zero-order chi connectivity index (χ0) is 15.4. The van der Waals surface area contributed by atoms with Crippen molar-refractivity contribution in [2.75, 3.05) is 0 Å². The quantitative estimate of drug-likeness (QED) is 0.863. The molecule has 1 amide bonds. The number of amides is 1. The predicted molar refractivity (Wildman–Crippen MR) is 76.2 cm³/mol. The highest BCUT2D eigenvalue weighted by Gasteiger charge is 2.09. The first kappa shape index (κ1) is 15.3. The van der Waals surface area contributed by atoms with Gasteiger partial charge in [0.2, 0.25) is 5.91 Å². The van der Waals surface area contributed by atoms with Crippen LogP contribution in [0.25, 0.3) is 0 Å². The minimum Gasteiger partial charge on any atom is -0.352 e. The molecule has 21 heavy (non-hydrogen) atoms. The van der Waals surface area contributed by atoms with E-state index in [4.69, 9.17) is 0 Å². The number of benzene rings is 1. The third-order valence-electron chi connectivity index (χ3n) is 2.78. The maximum atomic E-state index is 13.0. The molecule has 0 spiro atoms. The lowest BCUT2D eigenvalue weighted by Gasteiger charge is -2.05. The summed E-state index contributed by atoms with van der Waals surface area (Å²) in [5, 5.41) is 4.34. The maximum absolute atomic E-state index is 13.0. The van der Waals surface area contributed by atoms with Crippen LogP contribution in [0.3, 0.4) is 0 Å². The Morgan fingerprint density at radius 1 is 1.10 bits per heavy atom. The third kappa shape index (κ3) is 4.46. The van der Waals surface area contributed by atoms with E-state index in [1.807, 2.05) is 0 Å². The predicted octanol–water partition coefficient (Wildman–Crippen LogP) is 3.09. The van der Waals surface area contributed by atoms with Crippen LogP contribution < -0.4 is 5.32 Å². The number of hydrogen-bond donors (Lipinski definition) is 1. The van der Waals surface area contributed by atoms with Gasteiger partial charge in [0, 0.05) is 12.6 Å². The second kappa shape index (κ2) is 6.58. The van der Waals surface area contributed by atoms with E-state index in [1.165, 1.54) is 30.4 Å². The summed E-state index contributed by atoms with van der Waals surface area (Å²) in [6.45, 7) is 1.52. The van der Waals surface area contributed by atoms with E-state index in [9.17, 15) is 18.4 Å². The lowest BCUT2D eigenvalue weighted by molar-refractivity contribution is -0.120.